The third-order valence-electron chi connectivity index (χ3n) is 3.94. The van der Waals surface area contributed by atoms with Crippen molar-refractivity contribution < 1.29 is 18.2 Å². The van der Waals surface area contributed by atoms with Crippen molar-refractivity contribution in [1.29, 1.82) is 0 Å². The highest BCUT2D eigenvalue weighted by atomic mass is 35.5. The van der Waals surface area contributed by atoms with Crippen LogP contribution in [0.2, 0.25) is 5.02 Å². The Hall–Kier alpha value is -2.90. The molecule has 0 saturated carbocycles. The summed E-state index contributed by atoms with van der Waals surface area (Å²) in [6.45, 7) is 2.17. The molecule has 0 bridgehead atoms. The van der Waals surface area contributed by atoms with Crippen molar-refractivity contribution in [3.05, 3.63) is 93.4 Å². The smallest absolute Gasteiger partial charge is 0.251 e. The van der Waals surface area contributed by atoms with Crippen molar-refractivity contribution in [3.8, 4) is 0 Å². The molecule has 144 valence electrons. The lowest BCUT2D eigenvalue weighted by Gasteiger charge is -2.23. The number of aryl methyl sites for hydroxylation is 1. The molecule has 1 aromatic heterocycles. The third kappa shape index (κ3) is 4.88. The Labute approximate surface area is 168 Å². The molecule has 1 heterocycles. The molecule has 0 fully saturated rings. The number of carbonyl (C=O) groups is 1. The molecule has 0 saturated heterocycles. The van der Waals surface area contributed by atoms with Gasteiger partial charge in [0.1, 0.15) is 16.6 Å². The summed E-state index contributed by atoms with van der Waals surface area (Å²) in [6, 6.07) is 16.3. The number of aromatic nitrogens is 1. The summed E-state index contributed by atoms with van der Waals surface area (Å²) in [5.74, 6) is -0.416. The lowest BCUT2D eigenvalue weighted by molar-refractivity contribution is -0.390. The molecule has 2 aromatic carbocycles. The summed E-state index contributed by atoms with van der Waals surface area (Å²) < 4.78 is 29.2. The quantitative estimate of drug-likeness (QED) is 0.663. The van der Waals surface area contributed by atoms with Crippen LogP contribution in [0.3, 0.4) is 0 Å². The molecular formula is C20H18ClN3O3S. The van der Waals surface area contributed by atoms with Gasteiger partial charge < -0.3 is 10.0 Å². The standard InChI is InChI=1S/C20H17ClN3O3S/c1-14-5-8-16(9-6-14)24-28(26,27)19-12-15(7-10-18(19)21)20(25)23-13-17-4-2-3-11-22-17/h2-12H,13H2,1H3,(H,23,25)/q-1/p+1. The van der Waals surface area contributed by atoms with E-state index in [4.69, 9.17) is 11.6 Å². The van der Waals surface area contributed by atoms with Gasteiger partial charge in [-0.25, -0.2) is 13.4 Å². The minimum absolute atomic E-state index is 0.00352. The number of aromatic amines is 1. The van der Waals surface area contributed by atoms with Gasteiger partial charge in [-0.2, -0.15) is 0 Å². The van der Waals surface area contributed by atoms with Crippen molar-refractivity contribution in [2.24, 2.45) is 0 Å². The topological polar surface area (TPSA) is 91.5 Å². The molecule has 0 aliphatic heterocycles. The fourth-order valence-corrected chi connectivity index (χ4v) is 3.95. The monoisotopic (exact) mass is 415 g/mol. The SMILES string of the molecule is Cc1ccc([N-]S(=O)(=O)c2cc(C(=O)NCc3cccc[nH+]3)ccc2Cl)cc1. The molecule has 0 aliphatic rings. The molecule has 8 heteroatoms. The van der Waals surface area contributed by atoms with Crippen LogP contribution in [0.5, 0.6) is 0 Å². The number of carbonyl (C=O) groups excluding carboxylic acids is 1. The summed E-state index contributed by atoms with van der Waals surface area (Å²) in [5.41, 5.74) is 2.27. The van der Waals surface area contributed by atoms with Crippen molar-refractivity contribution in [2.75, 3.05) is 0 Å². The average Bonchev–Trinajstić information content (AvgIpc) is 2.69. The largest absolute Gasteiger partial charge is 0.573 e. The minimum atomic E-state index is -4.07. The van der Waals surface area contributed by atoms with Crippen LogP contribution >= 0.6 is 11.6 Å². The number of pyridine rings is 1. The number of amides is 1. The Bertz CT molecular complexity index is 1090. The number of nitrogens with one attached hydrogen (secondary N) is 2. The first-order chi connectivity index (χ1) is 13.3. The molecule has 3 rings (SSSR count). The zero-order valence-electron chi connectivity index (χ0n) is 15.0. The molecule has 6 nitrogen and oxygen atoms in total. The normalized spacial score (nSPS) is 11.1. The van der Waals surface area contributed by atoms with E-state index in [1.807, 2.05) is 25.1 Å². The van der Waals surface area contributed by atoms with Gasteiger partial charge in [-0.3, -0.25) is 4.79 Å². The van der Waals surface area contributed by atoms with Crippen LogP contribution in [-0.2, 0) is 16.6 Å². The summed E-state index contributed by atoms with van der Waals surface area (Å²) >= 11 is 6.07. The number of sulfonamides is 1. The van der Waals surface area contributed by atoms with E-state index in [1.54, 1.807) is 30.5 Å². The van der Waals surface area contributed by atoms with Crippen molar-refractivity contribution in [3.63, 3.8) is 0 Å². The lowest BCUT2D eigenvalue weighted by Crippen LogP contribution is -2.26. The maximum absolute atomic E-state index is 12.7. The zero-order chi connectivity index (χ0) is 20.1. The highest BCUT2D eigenvalue weighted by Crippen LogP contribution is 2.32. The Balaban J connectivity index is 1.80. The minimum Gasteiger partial charge on any atom is -0.573 e. The molecule has 2 N–H and O–H groups in total. The van der Waals surface area contributed by atoms with Gasteiger partial charge in [-0.05, 0) is 25.1 Å². The van der Waals surface area contributed by atoms with E-state index in [1.165, 1.54) is 18.2 Å². The lowest BCUT2D eigenvalue weighted by atomic mass is 10.2. The number of rotatable bonds is 6. The Kier molecular flexibility index (Phi) is 5.96. The molecule has 1 amide bonds. The number of hydrogen-bond donors (Lipinski definition) is 1. The van der Waals surface area contributed by atoms with Gasteiger partial charge in [0, 0.05) is 17.7 Å². The van der Waals surface area contributed by atoms with Crippen LogP contribution in [0, 0.1) is 6.92 Å². The van der Waals surface area contributed by atoms with E-state index < -0.39 is 15.9 Å². The van der Waals surface area contributed by atoms with Gasteiger partial charge in [0.25, 0.3) is 5.91 Å². The van der Waals surface area contributed by atoms with Crippen molar-refractivity contribution in [1.82, 2.24) is 5.32 Å². The number of hydrogen-bond acceptors (Lipinski definition) is 3. The molecule has 0 aliphatic carbocycles. The van der Waals surface area contributed by atoms with E-state index in [9.17, 15) is 13.2 Å². The average molecular weight is 416 g/mol. The second kappa shape index (κ2) is 8.41. The first-order valence-corrected chi connectivity index (χ1v) is 10.2. The van der Waals surface area contributed by atoms with E-state index in [0.717, 1.165) is 11.3 Å². The van der Waals surface area contributed by atoms with E-state index in [2.05, 4.69) is 15.0 Å². The fraction of sp³-hybridized carbons (Fsp3) is 0.100. The Morgan fingerprint density at radius 3 is 2.54 bits per heavy atom. The second-order valence-electron chi connectivity index (χ2n) is 6.12. The highest BCUT2D eigenvalue weighted by molar-refractivity contribution is 7.94. The summed E-state index contributed by atoms with van der Waals surface area (Å²) in [6.07, 6.45) is 1.75. The van der Waals surface area contributed by atoms with E-state index in [0.29, 0.717) is 0 Å². The zero-order valence-corrected chi connectivity index (χ0v) is 16.6. The van der Waals surface area contributed by atoms with Crippen LogP contribution < -0.4 is 10.3 Å². The second-order valence-corrected chi connectivity index (χ2v) is 8.10. The highest BCUT2D eigenvalue weighted by Gasteiger charge is 2.15. The Morgan fingerprint density at radius 1 is 1.11 bits per heavy atom. The van der Waals surface area contributed by atoms with Crippen molar-refractivity contribution >= 4 is 33.2 Å². The van der Waals surface area contributed by atoms with Gasteiger partial charge in [-0.1, -0.05) is 47.5 Å². The molecule has 0 radical (unpaired) electrons. The Morgan fingerprint density at radius 2 is 1.86 bits per heavy atom. The first-order valence-electron chi connectivity index (χ1n) is 8.43. The molecule has 0 atom stereocenters. The van der Waals surface area contributed by atoms with Crippen LogP contribution in [-0.4, -0.2) is 14.3 Å². The molecule has 0 spiro atoms. The summed E-state index contributed by atoms with van der Waals surface area (Å²) in [4.78, 5) is 15.2. The predicted octanol–water partition coefficient (Wildman–Crippen LogP) is 3.79. The number of H-pyrrole nitrogens is 1. The summed E-state index contributed by atoms with van der Waals surface area (Å²) in [5, 5.41) is 2.73. The molecular weight excluding hydrogens is 398 g/mol. The maximum atomic E-state index is 12.7. The summed E-state index contributed by atoms with van der Waals surface area (Å²) in [7, 11) is -4.07. The predicted molar refractivity (Wildman–Crippen MR) is 107 cm³/mol. The van der Waals surface area contributed by atoms with E-state index >= 15 is 0 Å². The van der Waals surface area contributed by atoms with E-state index in [-0.39, 0.29) is 27.7 Å². The van der Waals surface area contributed by atoms with Crippen LogP contribution in [0.4, 0.5) is 5.69 Å². The molecule has 28 heavy (non-hydrogen) atoms. The van der Waals surface area contributed by atoms with Crippen LogP contribution in [0.15, 0.2) is 71.8 Å². The van der Waals surface area contributed by atoms with Gasteiger partial charge in [0.05, 0.1) is 9.92 Å². The number of nitrogens with zero attached hydrogens (tertiary/aromatic N) is 1. The fourth-order valence-electron chi connectivity index (χ4n) is 2.45. The van der Waals surface area contributed by atoms with Crippen LogP contribution in [0.1, 0.15) is 21.6 Å². The third-order valence-corrected chi connectivity index (χ3v) is 5.73. The van der Waals surface area contributed by atoms with Crippen LogP contribution in [0.25, 0.3) is 4.72 Å². The van der Waals surface area contributed by atoms with Gasteiger partial charge >= 0.3 is 0 Å². The van der Waals surface area contributed by atoms with Gasteiger partial charge in [0.15, 0.2) is 11.9 Å². The molecule has 0 unspecified atom stereocenters. The number of halogens is 1. The number of benzene rings is 2. The van der Waals surface area contributed by atoms with Gasteiger partial charge in [-0.15, -0.1) is 5.69 Å². The van der Waals surface area contributed by atoms with Gasteiger partial charge in [0.2, 0.25) is 0 Å². The molecule has 3 aromatic rings. The maximum Gasteiger partial charge on any atom is 0.251 e. The first kappa shape index (κ1) is 19.9. The van der Waals surface area contributed by atoms with Crippen molar-refractivity contribution in [2.45, 2.75) is 18.4 Å².